The van der Waals surface area contributed by atoms with Gasteiger partial charge < -0.3 is 4.90 Å². The van der Waals surface area contributed by atoms with Gasteiger partial charge in [-0.1, -0.05) is 60.7 Å². The van der Waals surface area contributed by atoms with E-state index in [9.17, 15) is 4.79 Å². The number of nitrogens with zero attached hydrogens (tertiary/aromatic N) is 1. The number of allylic oxidation sites excluding steroid dienone is 1. The molecule has 2 aromatic rings. The number of ketones is 1. The Bertz CT molecular complexity index is 718. The third kappa shape index (κ3) is 3.34. The number of rotatable bonds is 4. The highest BCUT2D eigenvalue weighted by Gasteiger charge is 2.43. The molecule has 24 heavy (non-hydrogen) atoms. The van der Waals surface area contributed by atoms with Crippen LogP contribution in [0.5, 0.6) is 0 Å². The standard InChI is InChI=1S/C22H25NO/c1-23(2)17-22(20-13-7-4-8-14-20)15-9-12-19(21(22)24)16-18-10-5-3-6-11-18/h3-8,10-11,13-14,16H,9,12,15,17H2,1-2H3. The molecule has 3 rings (SSSR count). The number of carbonyl (C=O) groups excluding carboxylic acids is 1. The van der Waals surface area contributed by atoms with Crippen LogP contribution in [0.4, 0.5) is 0 Å². The highest BCUT2D eigenvalue weighted by atomic mass is 16.1. The molecular formula is C22H25NO. The first-order valence-electron chi connectivity index (χ1n) is 8.62. The fraction of sp³-hybridized carbons (Fsp3) is 0.318. The van der Waals surface area contributed by atoms with E-state index in [0.717, 1.165) is 42.5 Å². The Labute approximate surface area is 144 Å². The Morgan fingerprint density at radius 2 is 1.62 bits per heavy atom. The lowest BCUT2D eigenvalue weighted by Crippen LogP contribution is -2.47. The van der Waals surface area contributed by atoms with Gasteiger partial charge in [-0.15, -0.1) is 0 Å². The molecule has 1 saturated carbocycles. The summed E-state index contributed by atoms with van der Waals surface area (Å²) in [6.45, 7) is 0.752. The van der Waals surface area contributed by atoms with Gasteiger partial charge >= 0.3 is 0 Å². The molecule has 2 heteroatoms. The van der Waals surface area contributed by atoms with Gasteiger partial charge in [0.05, 0.1) is 5.41 Å². The molecule has 0 aliphatic heterocycles. The fourth-order valence-electron chi connectivity index (χ4n) is 3.82. The number of Topliss-reactive ketones (excluding diaryl/α,β-unsaturated/α-hetero) is 1. The first-order valence-corrected chi connectivity index (χ1v) is 8.62. The van der Waals surface area contributed by atoms with Crippen LogP contribution in [0.25, 0.3) is 6.08 Å². The summed E-state index contributed by atoms with van der Waals surface area (Å²) in [5.41, 5.74) is 2.78. The minimum absolute atomic E-state index is 0.289. The van der Waals surface area contributed by atoms with Crippen molar-refractivity contribution in [1.29, 1.82) is 0 Å². The highest BCUT2D eigenvalue weighted by Crippen LogP contribution is 2.40. The number of hydrogen-bond acceptors (Lipinski definition) is 2. The Kier molecular flexibility index (Phi) is 4.96. The van der Waals surface area contributed by atoms with E-state index in [2.05, 4.69) is 35.2 Å². The second-order valence-corrected chi connectivity index (χ2v) is 6.95. The topological polar surface area (TPSA) is 20.3 Å². The fourth-order valence-corrected chi connectivity index (χ4v) is 3.82. The maximum absolute atomic E-state index is 13.5. The molecule has 0 aromatic heterocycles. The SMILES string of the molecule is CN(C)CC1(c2ccccc2)CCCC(=Cc2ccccc2)C1=O. The lowest BCUT2D eigenvalue weighted by atomic mass is 9.66. The molecule has 124 valence electrons. The van der Waals surface area contributed by atoms with Gasteiger partial charge in [0, 0.05) is 6.54 Å². The van der Waals surface area contributed by atoms with Gasteiger partial charge in [0.1, 0.15) is 0 Å². The van der Waals surface area contributed by atoms with Crippen molar-refractivity contribution in [2.75, 3.05) is 20.6 Å². The summed E-state index contributed by atoms with van der Waals surface area (Å²) in [6, 6.07) is 20.5. The van der Waals surface area contributed by atoms with E-state index in [0.29, 0.717) is 0 Å². The summed E-state index contributed by atoms with van der Waals surface area (Å²) in [6.07, 6.45) is 4.91. The van der Waals surface area contributed by atoms with Gasteiger partial charge in [-0.2, -0.15) is 0 Å². The molecular weight excluding hydrogens is 294 g/mol. The van der Waals surface area contributed by atoms with Crippen LogP contribution in [-0.2, 0) is 10.2 Å². The highest BCUT2D eigenvalue weighted by molar-refractivity contribution is 6.07. The Balaban J connectivity index is 2.03. The molecule has 1 fully saturated rings. The number of hydrogen-bond donors (Lipinski definition) is 0. The van der Waals surface area contributed by atoms with Crippen molar-refractivity contribution in [2.24, 2.45) is 0 Å². The quantitative estimate of drug-likeness (QED) is 0.782. The summed E-state index contributed by atoms with van der Waals surface area (Å²) < 4.78 is 0. The van der Waals surface area contributed by atoms with E-state index >= 15 is 0 Å². The average Bonchev–Trinajstić information content (AvgIpc) is 2.60. The van der Waals surface area contributed by atoms with Crippen LogP contribution in [0.3, 0.4) is 0 Å². The van der Waals surface area contributed by atoms with Crippen molar-refractivity contribution in [2.45, 2.75) is 24.7 Å². The van der Waals surface area contributed by atoms with Crippen LogP contribution in [0.1, 0.15) is 30.4 Å². The van der Waals surface area contributed by atoms with Crippen LogP contribution < -0.4 is 0 Å². The molecule has 0 bridgehead atoms. The van der Waals surface area contributed by atoms with Crippen molar-refractivity contribution in [3.8, 4) is 0 Å². The summed E-state index contributed by atoms with van der Waals surface area (Å²) in [5, 5.41) is 0. The van der Waals surface area contributed by atoms with Crippen LogP contribution in [0.2, 0.25) is 0 Å². The maximum atomic E-state index is 13.5. The molecule has 0 saturated heterocycles. The largest absolute Gasteiger partial charge is 0.308 e. The van der Waals surface area contributed by atoms with Crippen molar-refractivity contribution in [3.63, 3.8) is 0 Å². The van der Waals surface area contributed by atoms with Gasteiger partial charge in [0.25, 0.3) is 0 Å². The second kappa shape index (κ2) is 7.14. The van der Waals surface area contributed by atoms with E-state index in [1.807, 2.05) is 50.5 Å². The monoisotopic (exact) mass is 319 g/mol. The van der Waals surface area contributed by atoms with E-state index < -0.39 is 5.41 Å². The zero-order valence-corrected chi connectivity index (χ0v) is 14.5. The van der Waals surface area contributed by atoms with Crippen LogP contribution in [0, 0.1) is 0 Å². The van der Waals surface area contributed by atoms with E-state index in [4.69, 9.17) is 0 Å². The lowest BCUT2D eigenvalue weighted by molar-refractivity contribution is -0.123. The Morgan fingerprint density at radius 1 is 1.00 bits per heavy atom. The van der Waals surface area contributed by atoms with Gasteiger partial charge in [0.2, 0.25) is 0 Å². The lowest BCUT2D eigenvalue weighted by Gasteiger charge is -2.39. The molecule has 1 aliphatic rings. The smallest absolute Gasteiger partial charge is 0.170 e. The summed E-state index contributed by atoms with van der Waals surface area (Å²) in [5.74, 6) is 0.289. The van der Waals surface area contributed by atoms with Gasteiger partial charge in [0.15, 0.2) is 5.78 Å². The minimum atomic E-state index is -0.427. The molecule has 1 atom stereocenters. The van der Waals surface area contributed by atoms with Crippen LogP contribution in [-0.4, -0.2) is 31.3 Å². The normalized spacial score (nSPS) is 23.0. The van der Waals surface area contributed by atoms with Crippen molar-refractivity contribution < 1.29 is 4.79 Å². The van der Waals surface area contributed by atoms with Crippen molar-refractivity contribution in [3.05, 3.63) is 77.4 Å². The van der Waals surface area contributed by atoms with Crippen molar-refractivity contribution >= 4 is 11.9 Å². The van der Waals surface area contributed by atoms with Crippen molar-refractivity contribution in [1.82, 2.24) is 4.90 Å². The zero-order chi connectivity index (χ0) is 17.0. The Hall–Kier alpha value is -2.19. The zero-order valence-electron chi connectivity index (χ0n) is 14.5. The van der Waals surface area contributed by atoms with E-state index in [1.165, 1.54) is 0 Å². The summed E-state index contributed by atoms with van der Waals surface area (Å²) >= 11 is 0. The first-order chi connectivity index (χ1) is 11.6. The molecule has 1 unspecified atom stereocenters. The van der Waals surface area contributed by atoms with Gasteiger partial charge in [-0.25, -0.2) is 0 Å². The second-order valence-electron chi connectivity index (χ2n) is 6.95. The number of likely N-dealkylation sites (N-methyl/N-ethyl adjacent to an activating group) is 1. The predicted octanol–water partition coefficient (Wildman–Crippen LogP) is 4.32. The third-order valence-electron chi connectivity index (χ3n) is 4.83. The minimum Gasteiger partial charge on any atom is -0.308 e. The number of benzene rings is 2. The summed E-state index contributed by atoms with van der Waals surface area (Å²) in [7, 11) is 4.10. The molecule has 0 spiro atoms. The first kappa shape index (κ1) is 16.7. The van der Waals surface area contributed by atoms with Gasteiger partial charge in [-0.3, -0.25) is 4.79 Å². The molecule has 2 nitrogen and oxygen atoms in total. The van der Waals surface area contributed by atoms with E-state index in [1.54, 1.807) is 0 Å². The van der Waals surface area contributed by atoms with Gasteiger partial charge in [-0.05, 0) is 56.1 Å². The molecule has 2 aromatic carbocycles. The Morgan fingerprint density at radius 3 is 2.25 bits per heavy atom. The molecule has 1 aliphatic carbocycles. The summed E-state index contributed by atoms with van der Waals surface area (Å²) in [4.78, 5) is 15.6. The molecule has 0 radical (unpaired) electrons. The molecule has 0 amide bonds. The molecule has 0 heterocycles. The van der Waals surface area contributed by atoms with Crippen LogP contribution in [0.15, 0.2) is 66.2 Å². The maximum Gasteiger partial charge on any atom is 0.170 e. The third-order valence-corrected chi connectivity index (χ3v) is 4.83. The predicted molar refractivity (Wildman–Crippen MR) is 100.0 cm³/mol. The van der Waals surface area contributed by atoms with E-state index in [-0.39, 0.29) is 5.78 Å². The molecule has 0 N–H and O–H groups in total. The van der Waals surface area contributed by atoms with Crippen LogP contribution >= 0.6 is 0 Å². The number of carbonyl (C=O) groups is 1. The average molecular weight is 319 g/mol.